The van der Waals surface area contributed by atoms with Crippen LogP contribution in [0, 0.1) is 5.82 Å². The summed E-state index contributed by atoms with van der Waals surface area (Å²) in [6, 6.07) is 4.07. The van der Waals surface area contributed by atoms with E-state index in [0.717, 1.165) is 10.8 Å². The maximum absolute atomic E-state index is 14.7. The number of ether oxygens (including phenoxy) is 1. The lowest BCUT2D eigenvalue weighted by molar-refractivity contribution is -0.140. The number of hydrogen-bond donors (Lipinski definition) is 0. The van der Waals surface area contributed by atoms with Crippen LogP contribution in [0.4, 0.5) is 17.6 Å². The molecule has 3 aromatic heterocycles. The molecule has 0 aliphatic carbocycles. The van der Waals surface area contributed by atoms with Gasteiger partial charge < -0.3 is 9.30 Å². The van der Waals surface area contributed by atoms with Gasteiger partial charge in [0.05, 0.1) is 18.1 Å². The highest BCUT2D eigenvalue weighted by molar-refractivity contribution is 14.2. The average molecular weight is 585 g/mol. The second-order valence-corrected chi connectivity index (χ2v) is 8.72. The fourth-order valence-corrected chi connectivity index (χ4v) is 4.43. The molecule has 0 N–H and O–H groups in total. The molecule has 0 saturated carbocycles. The quantitative estimate of drug-likeness (QED) is 0.136. The monoisotopic (exact) mass is 584 g/mol. The highest BCUT2D eigenvalue weighted by atomic mass is 127. The van der Waals surface area contributed by atoms with Crippen molar-refractivity contribution in [1.82, 2.24) is 29.1 Å². The van der Waals surface area contributed by atoms with Gasteiger partial charge in [-0.2, -0.15) is 28.2 Å². The molecule has 1 aromatic carbocycles. The van der Waals surface area contributed by atoms with Gasteiger partial charge in [-0.3, -0.25) is 0 Å². The van der Waals surface area contributed by atoms with Crippen LogP contribution >= 0.6 is 40.0 Å². The van der Waals surface area contributed by atoms with Crippen molar-refractivity contribution >= 4 is 51.0 Å². The van der Waals surface area contributed by atoms with Gasteiger partial charge in [-0.25, -0.2) is 13.8 Å². The van der Waals surface area contributed by atoms with Gasteiger partial charge >= 0.3 is 6.18 Å². The maximum atomic E-state index is 14.7. The number of benzene rings is 1. The Labute approximate surface area is 192 Å². The number of alkyl halides is 3. The minimum atomic E-state index is -4.62. The van der Waals surface area contributed by atoms with Gasteiger partial charge in [0.25, 0.3) is 0 Å². The van der Waals surface area contributed by atoms with Crippen molar-refractivity contribution in [2.45, 2.75) is 12.8 Å². The van der Waals surface area contributed by atoms with Crippen LogP contribution in [0.5, 0.6) is 5.88 Å². The summed E-state index contributed by atoms with van der Waals surface area (Å²) in [6.45, 7) is -0.0499. The Morgan fingerprint density at radius 3 is 2.65 bits per heavy atom. The number of rotatable bonds is 5. The van der Waals surface area contributed by atoms with Gasteiger partial charge in [0.15, 0.2) is 11.3 Å². The Balaban J connectivity index is 1.58. The van der Waals surface area contributed by atoms with Crippen molar-refractivity contribution in [2.75, 3.05) is 0 Å². The lowest BCUT2D eigenvalue weighted by atomic mass is 10.1. The number of imidazole rings is 1. The molecule has 0 amide bonds. The Morgan fingerprint density at radius 2 is 2.00 bits per heavy atom. The molecule has 0 bridgehead atoms. The first-order valence-corrected chi connectivity index (χ1v) is 12.9. The molecular formula is C17H11ClF4IN6OP. The highest BCUT2D eigenvalue weighted by Crippen LogP contribution is 2.33. The third-order valence-electron chi connectivity index (χ3n) is 4.26. The van der Waals surface area contributed by atoms with Crippen molar-refractivity contribution in [3.8, 4) is 17.3 Å². The van der Waals surface area contributed by atoms with Crippen molar-refractivity contribution in [1.29, 1.82) is 0 Å². The summed E-state index contributed by atoms with van der Waals surface area (Å²) in [5.41, 5.74) is -0.190. The Bertz CT molecular complexity index is 1280. The minimum Gasteiger partial charge on any atom is -0.472 e. The average Bonchev–Trinajstić information content (AvgIpc) is 3.29. The van der Waals surface area contributed by atoms with E-state index in [1.165, 1.54) is 25.2 Å². The van der Waals surface area contributed by atoms with E-state index in [1.54, 1.807) is 10.6 Å². The SMILES string of the molecule is Cn1cc(C(F)(F)F)nc1-c1ccc(COc2nc(Cl)nc3c2cnn3PI)cc1F. The zero-order chi connectivity index (χ0) is 22.3. The summed E-state index contributed by atoms with van der Waals surface area (Å²) in [5.74, 6) is -0.666. The molecule has 162 valence electrons. The van der Waals surface area contributed by atoms with Gasteiger partial charge in [-0.1, -0.05) is 6.07 Å². The molecule has 7 nitrogen and oxygen atoms in total. The summed E-state index contributed by atoms with van der Waals surface area (Å²) in [6.07, 6.45) is -1.95. The van der Waals surface area contributed by atoms with Crippen molar-refractivity contribution in [3.05, 3.63) is 53.0 Å². The predicted molar refractivity (Wildman–Crippen MR) is 116 cm³/mol. The van der Waals surface area contributed by atoms with E-state index >= 15 is 0 Å². The first-order chi connectivity index (χ1) is 14.7. The Kier molecular flexibility index (Phi) is 6.05. The molecule has 31 heavy (non-hydrogen) atoms. The molecule has 4 rings (SSSR count). The Hall–Kier alpha value is -2.05. The van der Waals surface area contributed by atoms with E-state index in [9.17, 15) is 17.6 Å². The van der Waals surface area contributed by atoms with Crippen LogP contribution in [0.2, 0.25) is 5.28 Å². The summed E-state index contributed by atoms with van der Waals surface area (Å²) in [4.78, 5) is 11.7. The first kappa shape index (κ1) is 22.2. The maximum Gasteiger partial charge on any atom is 0.434 e. The third-order valence-corrected chi connectivity index (χ3v) is 6.29. The van der Waals surface area contributed by atoms with Crippen LogP contribution in [0.1, 0.15) is 11.3 Å². The van der Waals surface area contributed by atoms with Gasteiger partial charge in [-0.15, -0.1) is 0 Å². The molecule has 0 spiro atoms. The molecule has 4 aromatic rings. The first-order valence-electron chi connectivity index (χ1n) is 8.47. The molecule has 14 heteroatoms. The van der Waals surface area contributed by atoms with Crippen LogP contribution in [-0.4, -0.2) is 29.1 Å². The van der Waals surface area contributed by atoms with Crippen molar-refractivity contribution in [2.24, 2.45) is 7.05 Å². The molecule has 0 aliphatic heterocycles. The third kappa shape index (κ3) is 4.46. The predicted octanol–water partition coefficient (Wildman–Crippen LogP) is 5.41. The van der Waals surface area contributed by atoms with Crippen molar-refractivity contribution in [3.63, 3.8) is 0 Å². The smallest absolute Gasteiger partial charge is 0.434 e. The molecule has 0 aliphatic rings. The van der Waals surface area contributed by atoms with Crippen LogP contribution in [0.25, 0.3) is 22.4 Å². The number of aromatic nitrogens is 6. The van der Waals surface area contributed by atoms with Crippen LogP contribution in [-0.2, 0) is 19.8 Å². The van der Waals surface area contributed by atoms with Gasteiger partial charge in [0, 0.05) is 13.2 Å². The number of halogens is 6. The molecular weight excluding hydrogens is 574 g/mol. The summed E-state index contributed by atoms with van der Waals surface area (Å²) < 4.78 is 61.8. The number of fused-ring (bicyclic) bond motifs is 1. The van der Waals surface area contributed by atoms with E-state index < -0.39 is 17.7 Å². The van der Waals surface area contributed by atoms with E-state index in [1.807, 2.05) is 0 Å². The Morgan fingerprint density at radius 1 is 1.23 bits per heavy atom. The second kappa shape index (κ2) is 8.47. The number of nitrogens with zero attached hydrogens (tertiary/aromatic N) is 6. The van der Waals surface area contributed by atoms with Crippen LogP contribution in [0.15, 0.2) is 30.6 Å². The van der Waals surface area contributed by atoms with Crippen molar-refractivity contribution < 1.29 is 22.3 Å². The standard InChI is InChI=1S/C17H11ClF4IN6OP/c1-28-6-12(17(20,21)22)25-13(28)9-3-2-8(4-11(9)19)7-30-15-10-5-24-29(31-23)14(10)26-16(18)27-15/h2-6,31H,7H2,1H3. The van der Waals surface area contributed by atoms with Crippen LogP contribution < -0.4 is 4.74 Å². The van der Waals surface area contributed by atoms with E-state index in [0.29, 0.717) is 23.0 Å². The normalized spacial score (nSPS) is 12.4. The molecule has 1 atom stereocenters. The lowest BCUT2D eigenvalue weighted by Gasteiger charge is -2.09. The van der Waals surface area contributed by atoms with Gasteiger partial charge in [0.1, 0.15) is 23.6 Å². The second-order valence-electron chi connectivity index (χ2n) is 6.34. The minimum absolute atomic E-state index is 0.0179. The molecule has 0 fully saturated rings. The number of hydrogen-bond acceptors (Lipinski definition) is 5. The van der Waals surface area contributed by atoms with E-state index in [4.69, 9.17) is 16.3 Å². The molecule has 3 heterocycles. The topological polar surface area (TPSA) is 70.7 Å². The zero-order valence-electron chi connectivity index (χ0n) is 15.5. The number of aryl methyl sites for hydroxylation is 1. The van der Waals surface area contributed by atoms with E-state index in [-0.39, 0.29) is 29.2 Å². The summed E-state index contributed by atoms with van der Waals surface area (Å²) >= 11 is 8.11. The fraction of sp³-hybridized carbons (Fsp3) is 0.176. The largest absolute Gasteiger partial charge is 0.472 e. The van der Waals surface area contributed by atoms with Gasteiger partial charge in [0.2, 0.25) is 11.2 Å². The van der Waals surface area contributed by atoms with Crippen LogP contribution in [0.3, 0.4) is 0 Å². The molecule has 0 saturated heterocycles. The summed E-state index contributed by atoms with van der Waals surface area (Å²) in [7, 11) is 1.37. The molecule has 1 unspecified atom stereocenters. The highest BCUT2D eigenvalue weighted by Gasteiger charge is 2.34. The zero-order valence-corrected chi connectivity index (χ0v) is 19.4. The molecule has 0 radical (unpaired) electrons. The summed E-state index contributed by atoms with van der Waals surface area (Å²) in [5, 5.41) is 4.72. The van der Waals surface area contributed by atoms with Gasteiger partial charge in [-0.05, 0) is 51.3 Å². The van der Waals surface area contributed by atoms with E-state index in [2.05, 4.69) is 42.1 Å². The fourth-order valence-electron chi connectivity index (χ4n) is 2.86. The lowest BCUT2D eigenvalue weighted by Crippen LogP contribution is -2.05.